The van der Waals surface area contributed by atoms with Gasteiger partial charge in [-0.2, -0.15) is 4.98 Å². The van der Waals surface area contributed by atoms with Crippen LogP contribution in [-0.2, 0) is 0 Å². The fourth-order valence-electron chi connectivity index (χ4n) is 1.81. The lowest BCUT2D eigenvalue weighted by molar-refractivity contribution is 0.447. The normalized spacial score (nSPS) is 10.8. The largest absolute Gasteiger partial charge is 0.492 e. The van der Waals surface area contributed by atoms with Crippen molar-refractivity contribution in [3.8, 4) is 17.3 Å². The Hall–Kier alpha value is -1.96. The van der Waals surface area contributed by atoms with Crippen LogP contribution in [0.15, 0.2) is 41.3 Å². The summed E-state index contributed by atoms with van der Waals surface area (Å²) < 4.78 is 0.184. The van der Waals surface area contributed by atoms with E-state index in [-0.39, 0.29) is 15.0 Å². The van der Waals surface area contributed by atoms with Gasteiger partial charge in [-0.25, -0.2) is 0 Å². The molecule has 0 aliphatic heterocycles. The Morgan fingerprint density at radius 1 is 1.26 bits per heavy atom. The van der Waals surface area contributed by atoms with E-state index in [1.54, 1.807) is 34.9 Å². The lowest BCUT2D eigenvalue weighted by Gasteiger charge is -2.04. The Morgan fingerprint density at radius 2 is 2.11 bits per heavy atom. The maximum atomic E-state index is 11.6. The first kappa shape index (κ1) is 12.1. The highest BCUT2D eigenvalue weighted by Gasteiger charge is 2.09. The van der Waals surface area contributed by atoms with Gasteiger partial charge in [0, 0.05) is 17.1 Å². The number of nitrogens with one attached hydrogen (secondary N) is 1. The van der Waals surface area contributed by atoms with E-state index < -0.39 is 0 Å². The number of aromatic hydroxyl groups is 1. The molecule has 2 heterocycles. The first-order valence-corrected chi connectivity index (χ1v) is 6.57. The molecule has 0 fully saturated rings. The zero-order valence-electron chi connectivity index (χ0n) is 9.59. The summed E-state index contributed by atoms with van der Waals surface area (Å²) in [4.78, 5) is 22.5. The second-order valence-corrected chi connectivity index (χ2v) is 5.04. The maximum Gasteiger partial charge on any atom is 0.268 e. The summed E-state index contributed by atoms with van der Waals surface area (Å²) in [7, 11) is 0. The summed E-state index contributed by atoms with van der Waals surface area (Å²) in [6, 6.07) is 9.29. The molecule has 0 aliphatic carbocycles. The summed E-state index contributed by atoms with van der Waals surface area (Å²) in [5, 5.41) is 10.5. The number of pyridine rings is 1. The SMILES string of the molecule is O=c1[nH]c(-c2ccc3ncccc3c2)nc(O)c1I. The highest BCUT2D eigenvalue weighted by atomic mass is 127. The zero-order valence-corrected chi connectivity index (χ0v) is 11.7. The molecule has 2 aromatic heterocycles. The quantitative estimate of drug-likeness (QED) is 0.649. The first-order valence-electron chi connectivity index (χ1n) is 5.49. The summed E-state index contributed by atoms with van der Waals surface area (Å²) in [5.74, 6) is 0.0827. The topological polar surface area (TPSA) is 78.9 Å². The lowest BCUT2D eigenvalue weighted by Crippen LogP contribution is -2.12. The summed E-state index contributed by atoms with van der Waals surface area (Å²) >= 11 is 1.75. The molecule has 19 heavy (non-hydrogen) atoms. The highest BCUT2D eigenvalue weighted by Crippen LogP contribution is 2.22. The van der Waals surface area contributed by atoms with E-state index in [2.05, 4.69) is 15.0 Å². The number of benzene rings is 1. The van der Waals surface area contributed by atoms with Crippen LogP contribution in [0.3, 0.4) is 0 Å². The predicted octanol–water partition coefficient (Wildman–Crippen LogP) is 2.30. The van der Waals surface area contributed by atoms with Gasteiger partial charge in [0.2, 0.25) is 5.88 Å². The van der Waals surface area contributed by atoms with Crippen molar-refractivity contribution in [3.05, 3.63) is 50.5 Å². The number of aromatic nitrogens is 3. The van der Waals surface area contributed by atoms with Gasteiger partial charge in [-0.05, 0) is 46.9 Å². The minimum atomic E-state index is -0.352. The number of H-pyrrole nitrogens is 1. The van der Waals surface area contributed by atoms with Gasteiger partial charge in [-0.3, -0.25) is 9.78 Å². The molecule has 2 N–H and O–H groups in total. The van der Waals surface area contributed by atoms with Gasteiger partial charge < -0.3 is 10.1 Å². The van der Waals surface area contributed by atoms with Crippen molar-refractivity contribution in [3.63, 3.8) is 0 Å². The average Bonchev–Trinajstić information content (AvgIpc) is 2.43. The Morgan fingerprint density at radius 3 is 2.89 bits per heavy atom. The van der Waals surface area contributed by atoms with E-state index >= 15 is 0 Å². The molecule has 0 amide bonds. The molecule has 0 radical (unpaired) electrons. The predicted molar refractivity (Wildman–Crippen MR) is 80.0 cm³/mol. The smallest absolute Gasteiger partial charge is 0.268 e. The molecule has 0 spiro atoms. The van der Waals surface area contributed by atoms with Crippen molar-refractivity contribution in [1.82, 2.24) is 15.0 Å². The van der Waals surface area contributed by atoms with Gasteiger partial charge in [0.05, 0.1) is 5.52 Å². The Labute approximate surface area is 121 Å². The molecule has 3 rings (SSSR count). The van der Waals surface area contributed by atoms with Crippen molar-refractivity contribution in [2.45, 2.75) is 0 Å². The van der Waals surface area contributed by atoms with E-state index in [9.17, 15) is 9.90 Å². The number of hydrogen-bond donors (Lipinski definition) is 2. The minimum Gasteiger partial charge on any atom is -0.492 e. The van der Waals surface area contributed by atoms with Crippen molar-refractivity contribution >= 4 is 33.5 Å². The fraction of sp³-hybridized carbons (Fsp3) is 0. The van der Waals surface area contributed by atoms with E-state index in [1.807, 2.05) is 24.3 Å². The van der Waals surface area contributed by atoms with Crippen LogP contribution >= 0.6 is 22.6 Å². The molecular formula is C13H8IN3O2. The number of fused-ring (bicyclic) bond motifs is 1. The fourth-order valence-corrected chi connectivity index (χ4v) is 2.06. The van der Waals surface area contributed by atoms with Crippen LogP contribution in [-0.4, -0.2) is 20.1 Å². The van der Waals surface area contributed by atoms with Crippen LogP contribution in [0.1, 0.15) is 0 Å². The molecule has 1 aromatic carbocycles. The number of rotatable bonds is 1. The van der Waals surface area contributed by atoms with E-state index in [0.717, 1.165) is 16.5 Å². The van der Waals surface area contributed by atoms with E-state index in [0.29, 0.717) is 5.82 Å². The third-order valence-electron chi connectivity index (χ3n) is 2.72. The highest BCUT2D eigenvalue weighted by molar-refractivity contribution is 14.1. The van der Waals surface area contributed by atoms with Crippen LogP contribution in [0.25, 0.3) is 22.3 Å². The van der Waals surface area contributed by atoms with Crippen molar-refractivity contribution in [2.75, 3.05) is 0 Å². The zero-order chi connectivity index (χ0) is 13.4. The van der Waals surface area contributed by atoms with E-state index in [4.69, 9.17) is 0 Å². The second kappa shape index (κ2) is 4.61. The van der Waals surface area contributed by atoms with E-state index in [1.165, 1.54) is 0 Å². The van der Waals surface area contributed by atoms with Gasteiger partial charge in [-0.15, -0.1) is 0 Å². The molecule has 0 unspecified atom stereocenters. The monoisotopic (exact) mass is 365 g/mol. The van der Waals surface area contributed by atoms with Crippen molar-refractivity contribution < 1.29 is 5.11 Å². The third kappa shape index (κ3) is 2.19. The minimum absolute atomic E-state index is 0.184. The van der Waals surface area contributed by atoms with Crippen molar-refractivity contribution in [1.29, 1.82) is 0 Å². The molecule has 94 valence electrons. The third-order valence-corrected chi connectivity index (χ3v) is 3.69. The molecule has 0 bridgehead atoms. The van der Waals surface area contributed by atoms with Crippen LogP contribution < -0.4 is 5.56 Å². The summed E-state index contributed by atoms with van der Waals surface area (Å²) in [6.07, 6.45) is 1.72. The van der Waals surface area contributed by atoms with Gasteiger partial charge in [-0.1, -0.05) is 6.07 Å². The molecule has 3 aromatic rings. The summed E-state index contributed by atoms with van der Waals surface area (Å²) in [6.45, 7) is 0. The number of hydrogen-bond acceptors (Lipinski definition) is 4. The summed E-state index contributed by atoms with van der Waals surface area (Å²) in [5.41, 5.74) is 1.24. The lowest BCUT2D eigenvalue weighted by atomic mass is 10.1. The standard InChI is InChI=1S/C13H8IN3O2/c14-10-12(18)16-11(17-13(10)19)8-3-4-9-7(6-8)2-1-5-15-9/h1-6H,(H2,16,17,18,19). The molecule has 0 aliphatic rings. The van der Waals surface area contributed by atoms with Crippen LogP contribution in [0, 0.1) is 3.57 Å². The molecule has 6 heteroatoms. The van der Waals surface area contributed by atoms with Gasteiger partial charge in [0.25, 0.3) is 5.56 Å². The molecule has 0 saturated carbocycles. The van der Waals surface area contributed by atoms with Crippen LogP contribution in [0.2, 0.25) is 0 Å². The number of nitrogens with zero attached hydrogens (tertiary/aromatic N) is 2. The Balaban J connectivity index is 2.22. The molecule has 5 nitrogen and oxygen atoms in total. The average molecular weight is 365 g/mol. The molecule has 0 atom stereocenters. The Bertz CT molecular complexity index is 829. The molecule has 0 saturated heterocycles. The van der Waals surface area contributed by atoms with Gasteiger partial charge in [0.1, 0.15) is 9.39 Å². The first-order chi connectivity index (χ1) is 9.15. The van der Waals surface area contributed by atoms with Gasteiger partial charge in [0.15, 0.2) is 0 Å². The maximum absolute atomic E-state index is 11.6. The second-order valence-electron chi connectivity index (χ2n) is 3.96. The van der Waals surface area contributed by atoms with Crippen molar-refractivity contribution in [2.24, 2.45) is 0 Å². The van der Waals surface area contributed by atoms with Crippen LogP contribution in [0.4, 0.5) is 0 Å². The molecular weight excluding hydrogens is 357 g/mol. The Kier molecular flexibility index (Phi) is 2.94. The number of aromatic amines is 1. The van der Waals surface area contributed by atoms with Crippen LogP contribution in [0.5, 0.6) is 5.88 Å². The number of halogens is 1. The van der Waals surface area contributed by atoms with Gasteiger partial charge >= 0.3 is 0 Å².